The van der Waals surface area contributed by atoms with Gasteiger partial charge in [-0.05, 0) is 61.6 Å². The molecule has 136 valence electrons. The fourth-order valence-electron chi connectivity index (χ4n) is 3.49. The topological polar surface area (TPSA) is 58.2 Å². The molecule has 2 aromatic rings. The molecule has 26 heavy (non-hydrogen) atoms. The van der Waals surface area contributed by atoms with Crippen LogP contribution in [0, 0.1) is 12.3 Å². The fourth-order valence-corrected chi connectivity index (χ4v) is 3.49. The van der Waals surface area contributed by atoms with Gasteiger partial charge in [-0.15, -0.1) is 0 Å². The van der Waals surface area contributed by atoms with Crippen molar-refractivity contribution in [2.45, 2.75) is 47.1 Å². The molecule has 4 nitrogen and oxygen atoms in total. The smallest absolute Gasteiger partial charge is 0.319 e. The number of hydrogen-bond acceptors (Lipinski definition) is 2. The van der Waals surface area contributed by atoms with E-state index in [9.17, 15) is 9.59 Å². The van der Waals surface area contributed by atoms with Crippen LogP contribution in [0.1, 0.15) is 49.2 Å². The lowest BCUT2D eigenvalue weighted by molar-refractivity contribution is 0.0863. The first-order chi connectivity index (χ1) is 12.2. The summed E-state index contributed by atoms with van der Waals surface area (Å²) in [6.45, 7) is 9.90. The molecule has 4 heteroatoms. The van der Waals surface area contributed by atoms with Gasteiger partial charge in [0, 0.05) is 22.7 Å². The maximum atomic E-state index is 12.4. The number of hydrogen-bond donors (Lipinski definition) is 2. The highest BCUT2D eigenvalue weighted by Gasteiger charge is 2.37. The number of anilines is 1. The van der Waals surface area contributed by atoms with Crippen molar-refractivity contribution in [2.24, 2.45) is 5.41 Å². The summed E-state index contributed by atoms with van der Waals surface area (Å²) in [4.78, 5) is 24.4. The van der Waals surface area contributed by atoms with Gasteiger partial charge in [0.1, 0.15) is 0 Å². The Labute approximate surface area is 155 Å². The molecule has 2 aromatic carbocycles. The number of nitrogens with one attached hydrogen (secondary N) is 2. The average molecular weight is 350 g/mol. The second kappa shape index (κ2) is 6.60. The third kappa shape index (κ3) is 3.50. The van der Waals surface area contributed by atoms with Gasteiger partial charge in [-0.2, -0.15) is 0 Å². The van der Waals surface area contributed by atoms with Crippen LogP contribution < -0.4 is 10.6 Å². The van der Waals surface area contributed by atoms with Crippen molar-refractivity contribution in [3.63, 3.8) is 0 Å². The van der Waals surface area contributed by atoms with Crippen LogP contribution in [0.3, 0.4) is 0 Å². The molecule has 2 amide bonds. The molecular weight excluding hydrogens is 324 g/mol. The van der Waals surface area contributed by atoms with Crippen molar-refractivity contribution in [1.82, 2.24) is 5.32 Å². The summed E-state index contributed by atoms with van der Waals surface area (Å²) in [6, 6.07) is 11.8. The molecule has 3 rings (SSSR count). The summed E-state index contributed by atoms with van der Waals surface area (Å²) in [6.07, 6.45) is 0.767. The lowest BCUT2D eigenvalue weighted by Crippen LogP contribution is -2.34. The van der Waals surface area contributed by atoms with Crippen molar-refractivity contribution >= 4 is 17.5 Å². The fraction of sp³-hybridized carbons (Fsp3) is 0.364. The Balaban J connectivity index is 1.92. The minimum Gasteiger partial charge on any atom is -0.336 e. The van der Waals surface area contributed by atoms with Crippen LogP contribution in [0.15, 0.2) is 36.4 Å². The molecule has 0 bridgehead atoms. The number of fused-ring (bicyclic) bond motifs is 1. The number of ketones is 1. The monoisotopic (exact) mass is 350 g/mol. The van der Waals surface area contributed by atoms with E-state index >= 15 is 0 Å². The molecule has 0 saturated heterocycles. The van der Waals surface area contributed by atoms with Gasteiger partial charge in [0.25, 0.3) is 0 Å². The van der Waals surface area contributed by atoms with Crippen molar-refractivity contribution in [1.29, 1.82) is 0 Å². The van der Waals surface area contributed by atoms with Crippen LogP contribution in [-0.2, 0) is 6.42 Å². The normalized spacial score (nSPS) is 15.1. The first-order valence-electron chi connectivity index (χ1n) is 9.03. The van der Waals surface area contributed by atoms with E-state index in [0.717, 1.165) is 39.9 Å². The zero-order valence-corrected chi connectivity index (χ0v) is 16.1. The second-order valence-electron chi connectivity index (χ2n) is 8.04. The minimum atomic E-state index is -0.325. The van der Waals surface area contributed by atoms with Gasteiger partial charge >= 0.3 is 6.03 Å². The van der Waals surface area contributed by atoms with Gasteiger partial charge in [0.05, 0.1) is 0 Å². The third-order valence-electron chi connectivity index (χ3n) is 4.82. The van der Waals surface area contributed by atoms with E-state index in [0.29, 0.717) is 0 Å². The van der Waals surface area contributed by atoms with Crippen LogP contribution in [-0.4, -0.2) is 17.9 Å². The summed E-state index contributed by atoms with van der Waals surface area (Å²) < 4.78 is 0. The lowest BCUT2D eigenvalue weighted by Gasteiger charge is -2.13. The van der Waals surface area contributed by atoms with Crippen molar-refractivity contribution in [3.8, 4) is 11.1 Å². The first-order valence-corrected chi connectivity index (χ1v) is 9.03. The molecule has 0 aromatic heterocycles. The van der Waals surface area contributed by atoms with E-state index in [2.05, 4.69) is 23.6 Å². The molecule has 0 unspecified atom stereocenters. The highest BCUT2D eigenvalue weighted by Crippen LogP contribution is 2.38. The quantitative estimate of drug-likeness (QED) is 0.822. The van der Waals surface area contributed by atoms with Crippen LogP contribution >= 0.6 is 0 Å². The van der Waals surface area contributed by atoms with Crippen LogP contribution in [0.4, 0.5) is 10.5 Å². The van der Waals surface area contributed by atoms with Gasteiger partial charge in [-0.3, -0.25) is 4.79 Å². The van der Waals surface area contributed by atoms with E-state index in [-0.39, 0.29) is 23.3 Å². The Bertz CT molecular complexity index is 882. The van der Waals surface area contributed by atoms with Crippen LogP contribution in [0.25, 0.3) is 11.1 Å². The van der Waals surface area contributed by atoms with E-state index in [1.807, 2.05) is 58.0 Å². The van der Waals surface area contributed by atoms with Crippen LogP contribution in [0.5, 0.6) is 0 Å². The highest BCUT2D eigenvalue weighted by atomic mass is 16.2. The first kappa shape index (κ1) is 18.2. The number of rotatable bonds is 3. The molecule has 1 aliphatic rings. The van der Waals surface area contributed by atoms with E-state index < -0.39 is 0 Å². The highest BCUT2D eigenvalue weighted by molar-refractivity contribution is 6.05. The maximum absolute atomic E-state index is 12.4. The summed E-state index contributed by atoms with van der Waals surface area (Å²) >= 11 is 0. The van der Waals surface area contributed by atoms with Gasteiger partial charge in [-0.1, -0.05) is 38.1 Å². The van der Waals surface area contributed by atoms with Gasteiger partial charge in [0.15, 0.2) is 5.78 Å². The summed E-state index contributed by atoms with van der Waals surface area (Å²) in [7, 11) is 0. The minimum absolute atomic E-state index is 0.0810. The zero-order chi connectivity index (χ0) is 19.1. The van der Waals surface area contributed by atoms with Gasteiger partial charge in [-0.25, -0.2) is 4.79 Å². The number of carbonyl (C=O) groups excluding carboxylic acids is 2. The number of Topliss-reactive ketones (excluding diaryl/α,β-unsaturated/α-hetero) is 1. The van der Waals surface area contributed by atoms with E-state index in [1.165, 1.54) is 0 Å². The predicted molar refractivity (Wildman–Crippen MR) is 106 cm³/mol. The number of aryl methyl sites for hydroxylation is 1. The van der Waals surface area contributed by atoms with E-state index in [4.69, 9.17) is 0 Å². The predicted octanol–water partition coefficient (Wildman–Crippen LogP) is 4.96. The Hall–Kier alpha value is -2.62. The standard InChI is InChI=1S/C22H26N2O2/c1-13(2)23-21(26)24-17-8-6-14(3)19(11-17)15-7-9-18-16(10-15)12-22(4,5)20(18)25/h6-11,13H,12H2,1-5H3,(H2,23,24,26). The average Bonchev–Trinajstić information content (AvgIpc) is 2.77. The van der Waals surface area contributed by atoms with Crippen LogP contribution in [0.2, 0.25) is 0 Å². The number of carbonyl (C=O) groups is 2. The summed E-state index contributed by atoms with van der Waals surface area (Å²) in [5.41, 5.74) is 5.62. The summed E-state index contributed by atoms with van der Waals surface area (Å²) in [5, 5.41) is 5.70. The number of benzene rings is 2. The Morgan fingerprint density at radius 3 is 2.50 bits per heavy atom. The van der Waals surface area contributed by atoms with Gasteiger partial charge in [0.2, 0.25) is 0 Å². The molecule has 1 aliphatic carbocycles. The molecule has 2 N–H and O–H groups in total. The Morgan fingerprint density at radius 2 is 1.81 bits per heavy atom. The maximum Gasteiger partial charge on any atom is 0.319 e. The molecule has 0 aliphatic heterocycles. The van der Waals surface area contributed by atoms with Gasteiger partial charge < -0.3 is 10.6 Å². The molecule has 0 saturated carbocycles. The van der Waals surface area contributed by atoms with Crippen molar-refractivity contribution < 1.29 is 9.59 Å². The molecule has 0 radical (unpaired) electrons. The Morgan fingerprint density at radius 1 is 1.08 bits per heavy atom. The number of urea groups is 1. The zero-order valence-electron chi connectivity index (χ0n) is 16.1. The summed E-state index contributed by atoms with van der Waals surface area (Å²) in [5.74, 6) is 0.219. The number of amides is 2. The van der Waals surface area contributed by atoms with Crippen molar-refractivity contribution in [3.05, 3.63) is 53.1 Å². The molecule has 0 atom stereocenters. The van der Waals surface area contributed by atoms with E-state index in [1.54, 1.807) is 0 Å². The second-order valence-corrected chi connectivity index (χ2v) is 8.04. The SMILES string of the molecule is Cc1ccc(NC(=O)NC(C)C)cc1-c1ccc2c(c1)CC(C)(C)C2=O. The molecule has 0 spiro atoms. The molecule has 0 heterocycles. The van der Waals surface area contributed by atoms with Crippen molar-refractivity contribution in [2.75, 3.05) is 5.32 Å². The lowest BCUT2D eigenvalue weighted by atomic mass is 9.89. The third-order valence-corrected chi connectivity index (χ3v) is 4.82. The molecular formula is C22H26N2O2. The molecule has 0 fully saturated rings. The largest absolute Gasteiger partial charge is 0.336 e. The Kier molecular flexibility index (Phi) is 4.61.